The van der Waals surface area contributed by atoms with Gasteiger partial charge in [0.15, 0.2) is 17.3 Å². The van der Waals surface area contributed by atoms with Crippen molar-refractivity contribution in [3.05, 3.63) is 65.2 Å². The number of fused-ring (bicyclic) bond motifs is 2. The summed E-state index contributed by atoms with van der Waals surface area (Å²) in [4.78, 5) is 13.5. The van der Waals surface area contributed by atoms with Crippen LogP contribution >= 0.6 is 23.1 Å². The zero-order valence-electron chi connectivity index (χ0n) is 20.1. The Morgan fingerprint density at radius 3 is 2.70 bits per heavy atom. The van der Waals surface area contributed by atoms with Gasteiger partial charge in [-0.1, -0.05) is 35.9 Å². The van der Waals surface area contributed by atoms with Gasteiger partial charge in [-0.2, -0.15) is 4.37 Å². The highest BCUT2D eigenvalue weighted by Gasteiger charge is 2.24. The minimum absolute atomic E-state index is 0.214. The summed E-state index contributed by atoms with van der Waals surface area (Å²) in [7, 11) is 0. The van der Waals surface area contributed by atoms with Gasteiger partial charge in [0.25, 0.3) is 0 Å². The minimum atomic E-state index is -0.678. The van der Waals surface area contributed by atoms with E-state index in [9.17, 15) is 9.90 Å². The smallest absolute Gasteiger partial charge is 0.306 e. The molecule has 1 aromatic heterocycles. The average Bonchev–Trinajstić information content (AvgIpc) is 3.31. The van der Waals surface area contributed by atoms with Crippen molar-refractivity contribution in [2.75, 3.05) is 31.6 Å². The molecular formula is C28H26ClN3O4S. The van der Waals surface area contributed by atoms with Crippen LogP contribution in [0.1, 0.15) is 18.4 Å². The largest absolute Gasteiger partial charge is 0.486 e. The fourth-order valence-corrected chi connectivity index (χ4v) is 6.04. The maximum atomic E-state index is 11.2. The van der Waals surface area contributed by atoms with E-state index >= 15 is 0 Å². The highest BCUT2D eigenvalue weighted by Crippen LogP contribution is 2.40. The van der Waals surface area contributed by atoms with Crippen molar-refractivity contribution in [3.63, 3.8) is 0 Å². The molecule has 0 amide bonds. The van der Waals surface area contributed by atoms with Gasteiger partial charge in [0.2, 0.25) is 0 Å². The molecule has 4 aromatic rings. The molecule has 2 N–H and O–H groups in total. The number of carbonyl (C=O) groups is 1. The first-order chi connectivity index (χ1) is 18.0. The van der Waals surface area contributed by atoms with Crippen molar-refractivity contribution in [2.24, 2.45) is 5.92 Å². The molecule has 7 nitrogen and oxygen atoms in total. The Morgan fingerprint density at radius 2 is 1.89 bits per heavy atom. The summed E-state index contributed by atoms with van der Waals surface area (Å²) in [6.45, 7) is 3.52. The van der Waals surface area contributed by atoms with Crippen LogP contribution in [0.2, 0.25) is 5.02 Å². The maximum Gasteiger partial charge on any atom is 0.306 e. The zero-order valence-corrected chi connectivity index (χ0v) is 21.6. The molecule has 1 fully saturated rings. The van der Waals surface area contributed by atoms with E-state index in [0.29, 0.717) is 31.1 Å². The Kier molecular flexibility index (Phi) is 6.63. The van der Waals surface area contributed by atoms with Crippen molar-refractivity contribution in [1.29, 1.82) is 0 Å². The third kappa shape index (κ3) is 4.97. The van der Waals surface area contributed by atoms with Crippen LogP contribution in [-0.2, 0) is 11.3 Å². The fraction of sp³-hybridized carbons (Fsp3) is 0.286. The number of hydrogen-bond donors (Lipinski definition) is 2. The number of rotatable bonds is 6. The van der Waals surface area contributed by atoms with Gasteiger partial charge in [-0.05, 0) is 78.9 Å². The highest BCUT2D eigenvalue weighted by atomic mass is 35.5. The number of nitrogens with zero attached hydrogens (tertiary/aromatic N) is 2. The summed E-state index contributed by atoms with van der Waals surface area (Å²) >= 11 is 8.31. The van der Waals surface area contributed by atoms with E-state index in [1.165, 1.54) is 17.1 Å². The molecule has 0 saturated carbocycles. The predicted octanol–water partition coefficient (Wildman–Crippen LogP) is 6.43. The quantitative estimate of drug-likeness (QED) is 0.294. The van der Waals surface area contributed by atoms with Gasteiger partial charge < -0.3 is 19.9 Å². The summed E-state index contributed by atoms with van der Waals surface area (Å²) in [6, 6.07) is 18.2. The number of anilines is 2. The Bertz CT molecular complexity index is 1470. The van der Waals surface area contributed by atoms with E-state index in [0.717, 1.165) is 63.9 Å². The predicted molar refractivity (Wildman–Crippen MR) is 146 cm³/mol. The average molecular weight is 536 g/mol. The Hall–Kier alpha value is -3.33. The van der Waals surface area contributed by atoms with Crippen molar-refractivity contribution in [3.8, 4) is 22.6 Å². The summed E-state index contributed by atoms with van der Waals surface area (Å²) in [6.07, 6.45) is 1.41. The van der Waals surface area contributed by atoms with Gasteiger partial charge in [0.05, 0.1) is 21.3 Å². The van der Waals surface area contributed by atoms with Crippen molar-refractivity contribution in [1.82, 2.24) is 9.27 Å². The minimum Gasteiger partial charge on any atom is -0.486 e. The number of ether oxygens (including phenoxy) is 2. The van der Waals surface area contributed by atoms with Crippen LogP contribution in [0.3, 0.4) is 0 Å². The lowest BCUT2D eigenvalue weighted by Gasteiger charge is -2.30. The molecule has 6 rings (SSSR count). The number of benzene rings is 3. The third-order valence-corrected chi connectivity index (χ3v) is 8.20. The molecule has 2 aliphatic rings. The summed E-state index contributed by atoms with van der Waals surface area (Å²) in [5.41, 5.74) is 3.84. The lowest BCUT2D eigenvalue weighted by molar-refractivity contribution is -0.143. The second kappa shape index (κ2) is 10.2. The fourth-order valence-electron chi connectivity index (χ4n) is 4.96. The number of carboxylic acid groups (broad SMARTS) is 1. The lowest BCUT2D eigenvalue weighted by atomic mass is 9.97. The number of aliphatic carboxylic acids is 1. The number of likely N-dealkylation sites (tertiary alicyclic amines) is 1. The van der Waals surface area contributed by atoms with E-state index < -0.39 is 5.97 Å². The van der Waals surface area contributed by atoms with E-state index in [2.05, 4.69) is 32.8 Å². The second-order valence-corrected chi connectivity index (χ2v) is 10.6. The first-order valence-electron chi connectivity index (χ1n) is 12.3. The number of piperidine rings is 1. The molecule has 0 spiro atoms. The van der Waals surface area contributed by atoms with Crippen LogP contribution in [0.5, 0.6) is 11.5 Å². The molecule has 190 valence electrons. The van der Waals surface area contributed by atoms with Crippen molar-refractivity contribution >= 4 is 50.7 Å². The Balaban J connectivity index is 1.19. The van der Waals surface area contributed by atoms with E-state index in [1.54, 1.807) is 0 Å². The second-order valence-electron chi connectivity index (χ2n) is 9.40. The van der Waals surface area contributed by atoms with Crippen LogP contribution in [0, 0.1) is 5.92 Å². The molecule has 1 saturated heterocycles. The Labute approximate surface area is 223 Å². The van der Waals surface area contributed by atoms with E-state index in [1.807, 2.05) is 36.4 Å². The normalized spacial score (nSPS) is 16.1. The van der Waals surface area contributed by atoms with Crippen LogP contribution < -0.4 is 14.8 Å². The molecular weight excluding hydrogens is 510 g/mol. The van der Waals surface area contributed by atoms with E-state index in [-0.39, 0.29) is 5.92 Å². The number of aromatic nitrogens is 1. The molecule has 0 bridgehead atoms. The SMILES string of the molecule is O=C(O)C1CCN(Cc2ccc3c(Nc4cccc(-c5ccc6c(c5)OCCO6)c4Cl)nsc3c2)CC1. The molecule has 3 aromatic carbocycles. The van der Waals surface area contributed by atoms with E-state index in [4.69, 9.17) is 21.1 Å². The molecule has 0 atom stereocenters. The molecule has 3 heterocycles. The van der Waals surface area contributed by atoms with Gasteiger partial charge >= 0.3 is 5.97 Å². The van der Waals surface area contributed by atoms with Crippen LogP contribution in [-0.4, -0.2) is 46.7 Å². The van der Waals surface area contributed by atoms with Crippen molar-refractivity contribution in [2.45, 2.75) is 19.4 Å². The van der Waals surface area contributed by atoms with Crippen LogP contribution in [0.4, 0.5) is 11.5 Å². The maximum absolute atomic E-state index is 11.2. The summed E-state index contributed by atoms with van der Waals surface area (Å²) in [5, 5.41) is 14.3. The highest BCUT2D eigenvalue weighted by molar-refractivity contribution is 7.13. The van der Waals surface area contributed by atoms with Gasteiger partial charge in [-0.15, -0.1) is 0 Å². The summed E-state index contributed by atoms with van der Waals surface area (Å²) < 4.78 is 17.1. The first kappa shape index (κ1) is 24.0. The van der Waals surface area contributed by atoms with Crippen LogP contribution in [0.25, 0.3) is 21.2 Å². The van der Waals surface area contributed by atoms with Gasteiger partial charge in [-0.25, -0.2) is 0 Å². The summed E-state index contributed by atoms with van der Waals surface area (Å²) in [5.74, 6) is 1.36. The molecule has 2 aliphatic heterocycles. The Morgan fingerprint density at radius 1 is 1.08 bits per heavy atom. The third-order valence-electron chi connectivity index (χ3n) is 6.98. The number of nitrogens with one attached hydrogen (secondary N) is 1. The van der Waals surface area contributed by atoms with Crippen molar-refractivity contribution < 1.29 is 19.4 Å². The topological polar surface area (TPSA) is 83.9 Å². The zero-order chi connectivity index (χ0) is 25.4. The molecule has 0 radical (unpaired) electrons. The number of carboxylic acids is 1. The molecule has 37 heavy (non-hydrogen) atoms. The monoisotopic (exact) mass is 535 g/mol. The van der Waals surface area contributed by atoms with Gasteiger partial charge in [0, 0.05) is 17.5 Å². The number of halogens is 1. The lowest BCUT2D eigenvalue weighted by Crippen LogP contribution is -2.35. The molecule has 0 unspecified atom stereocenters. The molecule has 9 heteroatoms. The first-order valence-corrected chi connectivity index (χ1v) is 13.5. The van der Waals surface area contributed by atoms with Gasteiger partial charge in [0.1, 0.15) is 13.2 Å². The van der Waals surface area contributed by atoms with Crippen LogP contribution in [0.15, 0.2) is 54.6 Å². The molecule has 0 aliphatic carbocycles. The van der Waals surface area contributed by atoms with Gasteiger partial charge in [-0.3, -0.25) is 9.69 Å². The standard InChI is InChI=1S/C28H26ClN3O4S/c29-26-20(19-5-7-23-24(15-19)36-13-12-35-23)2-1-3-22(26)30-27-21-6-4-17(14-25(21)37-31-27)16-32-10-8-18(9-11-32)28(33)34/h1-7,14-15,18H,8-13,16H2,(H,30,31)(H,33,34). The number of hydrogen-bond acceptors (Lipinski definition) is 7.